The predicted molar refractivity (Wildman–Crippen MR) is 161 cm³/mol. The molecule has 0 heterocycles. The molecule has 0 spiro atoms. The lowest BCUT2D eigenvalue weighted by Crippen LogP contribution is -2.45. The summed E-state index contributed by atoms with van der Waals surface area (Å²) >= 11 is 6.98. The van der Waals surface area contributed by atoms with Crippen molar-refractivity contribution in [3.8, 4) is 22.9 Å². The molecule has 206 valence electrons. The van der Waals surface area contributed by atoms with Gasteiger partial charge in [0.15, 0.2) is 0 Å². The predicted octanol–water partition coefficient (Wildman–Crippen LogP) is 6.92. The van der Waals surface area contributed by atoms with Crippen LogP contribution in [0.15, 0.2) is 60.2 Å². The summed E-state index contributed by atoms with van der Waals surface area (Å²) in [6.45, 7) is 4.57. The van der Waals surface area contributed by atoms with E-state index in [1.807, 2.05) is 42.3 Å². The fourth-order valence-corrected chi connectivity index (χ4v) is 6.64. The van der Waals surface area contributed by atoms with Crippen LogP contribution in [-0.4, -0.2) is 37.0 Å². The van der Waals surface area contributed by atoms with Gasteiger partial charge >= 0.3 is 0 Å². The Kier molecular flexibility index (Phi) is 8.30. The molecule has 5 rings (SSSR count). The lowest BCUT2D eigenvalue weighted by Gasteiger charge is -2.37. The number of aryl methyl sites for hydroxylation is 2. The third-order valence-corrected chi connectivity index (χ3v) is 9.02. The molecule has 0 bridgehead atoms. The van der Waals surface area contributed by atoms with Gasteiger partial charge in [0.1, 0.15) is 5.75 Å². The number of benzene rings is 3. The molecule has 3 aromatic rings. The summed E-state index contributed by atoms with van der Waals surface area (Å²) in [5.74, 6) is 0.746. The molecule has 1 saturated carbocycles. The van der Waals surface area contributed by atoms with E-state index < -0.39 is 0 Å². The van der Waals surface area contributed by atoms with E-state index in [2.05, 4.69) is 43.4 Å². The zero-order valence-corrected chi connectivity index (χ0v) is 24.4. The lowest BCUT2D eigenvalue weighted by molar-refractivity contribution is -0.130. The number of hydrogen-bond donors (Lipinski definition) is 1. The highest BCUT2D eigenvalue weighted by molar-refractivity contribution is 6.52. The van der Waals surface area contributed by atoms with E-state index in [0.29, 0.717) is 35.2 Å². The fraction of sp³-hybridized carbons (Fsp3) is 0.353. The van der Waals surface area contributed by atoms with Gasteiger partial charge in [-0.1, -0.05) is 41.9 Å². The number of nitrogens with one attached hydrogen (secondary N) is 1. The number of halogens is 1. The standard InChI is InChI=1S/C34H36ClN3O2/c1-21-8-9-22(2)32-29(21)18-30(33(32)35)34(39)38(28-13-11-27(37-3)12-14-28)20-26-17-25(10-15-31(26)40-4)24-7-5-6-23(16-24)19-36/h5-10,15-17,27-28,37H,11-14,18,20H2,1-4H3. The first-order valence-corrected chi connectivity index (χ1v) is 14.4. The van der Waals surface area contributed by atoms with E-state index >= 15 is 0 Å². The van der Waals surface area contributed by atoms with Crippen LogP contribution in [0.25, 0.3) is 16.2 Å². The molecule has 0 unspecified atom stereocenters. The first kappa shape index (κ1) is 28.0. The first-order valence-electron chi connectivity index (χ1n) is 14.0. The van der Waals surface area contributed by atoms with Crippen LogP contribution in [0.2, 0.25) is 0 Å². The molecule has 2 aliphatic carbocycles. The zero-order valence-electron chi connectivity index (χ0n) is 23.7. The van der Waals surface area contributed by atoms with Gasteiger partial charge < -0.3 is 15.0 Å². The Morgan fingerprint density at radius 3 is 2.45 bits per heavy atom. The summed E-state index contributed by atoms with van der Waals surface area (Å²) < 4.78 is 5.77. The Morgan fingerprint density at radius 1 is 1.05 bits per heavy atom. The number of carbonyl (C=O) groups excluding carboxylic acids is 1. The average Bonchev–Trinajstić information content (AvgIpc) is 3.35. The third-order valence-electron chi connectivity index (χ3n) is 8.60. The Balaban J connectivity index is 1.53. The second-order valence-corrected chi connectivity index (χ2v) is 11.3. The number of ether oxygens (including phenoxy) is 1. The normalized spacial score (nSPS) is 18.3. The smallest absolute Gasteiger partial charge is 0.252 e. The van der Waals surface area contributed by atoms with Gasteiger partial charge in [0.2, 0.25) is 0 Å². The molecule has 0 aromatic heterocycles. The van der Waals surface area contributed by atoms with Gasteiger partial charge in [-0.2, -0.15) is 5.26 Å². The highest BCUT2D eigenvalue weighted by Gasteiger charge is 2.35. The summed E-state index contributed by atoms with van der Waals surface area (Å²) in [5.41, 5.74) is 8.60. The summed E-state index contributed by atoms with van der Waals surface area (Å²) in [7, 11) is 3.67. The maximum absolute atomic E-state index is 14.4. The van der Waals surface area contributed by atoms with Gasteiger partial charge in [0, 0.05) is 41.7 Å². The number of nitriles is 1. The summed E-state index contributed by atoms with van der Waals surface area (Å²) in [4.78, 5) is 16.5. The number of nitrogens with zero attached hydrogens (tertiary/aromatic N) is 2. The molecule has 0 aliphatic heterocycles. The van der Waals surface area contributed by atoms with Gasteiger partial charge in [0.05, 0.1) is 23.8 Å². The monoisotopic (exact) mass is 553 g/mol. The maximum Gasteiger partial charge on any atom is 0.252 e. The van der Waals surface area contributed by atoms with E-state index in [0.717, 1.165) is 70.4 Å². The van der Waals surface area contributed by atoms with Crippen molar-refractivity contribution in [1.82, 2.24) is 10.2 Å². The molecule has 1 fully saturated rings. The highest BCUT2D eigenvalue weighted by Crippen LogP contribution is 2.41. The Bertz CT molecular complexity index is 1510. The van der Waals surface area contributed by atoms with Crippen molar-refractivity contribution in [1.29, 1.82) is 5.26 Å². The molecule has 0 radical (unpaired) electrons. The molecule has 6 heteroatoms. The molecule has 1 amide bonds. The maximum atomic E-state index is 14.4. The highest BCUT2D eigenvalue weighted by atomic mass is 35.5. The molecule has 0 saturated heterocycles. The molecule has 40 heavy (non-hydrogen) atoms. The number of methoxy groups -OCH3 is 1. The van der Waals surface area contributed by atoms with Crippen LogP contribution in [-0.2, 0) is 17.8 Å². The van der Waals surface area contributed by atoms with Crippen molar-refractivity contribution >= 4 is 22.5 Å². The molecule has 1 N–H and O–H groups in total. The second-order valence-electron chi connectivity index (χ2n) is 11.0. The van der Waals surface area contributed by atoms with Crippen molar-refractivity contribution in [2.24, 2.45) is 0 Å². The Labute approximate surface area is 242 Å². The quantitative estimate of drug-likeness (QED) is 0.345. The van der Waals surface area contributed by atoms with Crippen LogP contribution in [0.5, 0.6) is 5.75 Å². The Morgan fingerprint density at radius 2 is 1.77 bits per heavy atom. The summed E-state index contributed by atoms with van der Waals surface area (Å²) in [6, 6.07) is 20.6. The molecule has 5 nitrogen and oxygen atoms in total. The minimum absolute atomic E-state index is 0.00633. The van der Waals surface area contributed by atoms with Crippen molar-refractivity contribution in [2.45, 2.75) is 64.6 Å². The summed E-state index contributed by atoms with van der Waals surface area (Å²) in [5, 5.41) is 13.4. The Hall–Kier alpha value is -3.59. The van der Waals surface area contributed by atoms with Gasteiger partial charge in [-0.3, -0.25) is 4.79 Å². The van der Waals surface area contributed by atoms with E-state index in [1.165, 1.54) is 0 Å². The van der Waals surface area contributed by atoms with Gasteiger partial charge in [-0.15, -0.1) is 0 Å². The third kappa shape index (κ3) is 5.39. The number of amides is 1. The van der Waals surface area contributed by atoms with Gasteiger partial charge in [-0.05, 0) is 98.7 Å². The molecule has 3 aromatic carbocycles. The van der Waals surface area contributed by atoms with Crippen LogP contribution >= 0.6 is 11.6 Å². The molecular formula is C34H36ClN3O2. The van der Waals surface area contributed by atoms with Crippen LogP contribution in [0, 0.1) is 25.2 Å². The minimum atomic E-state index is 0.00633. The number of rotatable bonds is 7. The molecular weight excluding hydrogens is 518 g/mol. The van der Waals surface area contributed by atoms with Crippen molar-refractivity contribution < 1.29 is 9.53 Å². The van der Waals surface area contributed by atoms with Gasteiger partial charge in [-0.25, -0.2) is 0 Å². The molecule has 0 atom stereocenters. The van der Waals surface area contributed by atoms with E-state index in [-0.39, 0.29) is 11.9 Å². The summed E-state index contributed by atoms with van der Waals surface area (Å²) in [6.07, 6.45) is 4.46. The van der Waals surface area contributed by atoms with Crippen molar-refractivity contribution in [3.63, 3.8) is 0 Å². The number of hydrogen-bond acceptors (Lipinski definition) is 4. The van der Waals surface area contributed by atoms with Crippen LogP contribution < -0.4 is 10.1 Å². The number of carbonyl (C=O) groups is 1. The van der Waals surface area contributed by atoms with Crippen LogP contribution in [0.3, 0.4) is 0 Å². The van der Waals surface area contributed by atoms with E-state index in [1.54, 1.807) is 13.2 Å². The number of fused-ring (bicyclic) bond motifs is 1. The van der Waals surface area contributed by atoms with Crippen molar-refractivity contribution in [3.05, 3.63) is 93.6 Å². The largest absolute Gasteiger partial charge is 0.496 e. The minimum Gasteiger partial charge on any atom is -0.496 e. The van der Waals surface area contributed by atoms with Crippen molar-refractivity contribution in [2.75, 3.05) is 14.2 Å². The van der Waals surface area contributed by atoms with Crippen LogP contribution in [0.1, 0.15) is 59.1 Å². The lowest BCUT2D eigenvalue weighted by atomic mass is 9.89. The molecule has 2 aliphatic rings. The topological polar surface area (TPSA) is 65.4 Å². The van der Waals surface area contributed by atoms with E-state index in [9.17, 15) is 10.1 Å². The van der Waals surface area contributed by atoms with E-state index in [4.69, 9.17) is 16.3 Å². The SMILES string of the molecule is CNC1CCC(N(Cc2cc(-c3cccc(C#N)c3)ccc2OC)C(=O)C2=C(Cl)c3c(C)ccc(C)c3C2)CC1. The van der Waals surface area contributed by atoms with Gasteiger partial charge in [0.25, 0.3) is 5.91 Å². The average molecular weight is 554 g/mol. The first-order chi connectivity index (χ1) is 19.3. The zero-order chi connectivity index (χ0) is 28.4. The van der Waals surface area contributed by atoms with Crippen LogP contribution in [0.4, 0.5) is 0 Å². The second kappa shape index (κ2) is 11.9. The fourth-order valence-electron chi connectivity index (χ4n) is 6.23.